The van der Waals surface area contributed by atoms with E-state index in [9.17, 15) is 4.79 Å². The Morgan fingerprint density at radius 3 is 3.09 bits per heavy atom. The summed E-state index contributed by atoms with van der Waals surface area (Å²) < 4.78 is 5.77. The molecule has 23 heavy (non-hydrogen) atoms. The van der Waals surface area contributed by atoms with Crippen LogP contribution in [0.3, 0.4) is 0 Å². The quantitative estimate of drug-likeness (QED) is 0.939. The van der Waals surface area contributed by atoms with Crippen LogP contribution in [-0.2, 0) is 6.61 Å². The average molecular weight is 311 g/mol. The third kappa shape index (κ3) is 3.87. The second-order valence-corrected chi connectivity index (χ2v) is 5.73. The standard InChI is InChI=1S/C18H21N3O2/c1-14-11-20-8-9-21(14)18(22)16-5-2-6-17(10-16)23-13-15-4-3-7-19-12-15/h2-7,10,12,14,20H,8-9,11,13H2,1H3/t14-/m1/s1. The monoisotopic (exact) mass is 311 g/mol. The number of carbonyl (C=O) groups is 1. The molecule has 0 unspecified atom stereocenters. The first-order chi connectivity index (χ1) is 11.2. The van der Waals surface area contributed by atoms with Crippen LogP contribution in [-0.4, -0.2) is 41.5 Å². The van der Waals surface area contributed by atoms with Crippen LogP contribution in [0.4, 0.5) is 0 Å². The largest absolute Gasteiger partial charge is 0.489 e. The van der Waals surface area contributed by atoms with Crippen LogP contribution in [0.25, 0.3) is 0 Å². The van der Waals surface area contributed by atoms with Gasteiger partial charge in [-0.3, -0.25) is 9.78 Å². The lowest BCUT2D eigenvalue weighted by atomic mass is 10.1. The molecule has 1 saturated heterocycles. The molecule has 1 aromatic heterocycles. The van der Waals surface area contributed by atoms with Gasteiger partial charge >= 0.3 is 0 Å². The summed E-state index contributed by atoms with van der Waals surface area (Å²) in [5.41, 5.74) is 1.67. The lowest BCUT2D eigenvalue weighted by molar-refractivity contribution is 0.0655. The molecule has 1 atom stereocenters. The highest BCUT2D eigenvalue weighted by atomic mass is 16.5. The van der Waals surface area contributed by atoms with Crippen molar-refractivity contribution in [3.05, 3.63) is 59.9 Å². The number of hydrogen-bond donors (Lipinski definition) is 1. The number of rotatable bonds is 4. The van der Waals surface area contributed by atoms with E-state index < -0.39 is 0 Å². The molecular weight excluding hydrogens is 290 g/mol. The molecule has 1 fully saturated rings. The summed E-state index contributed by atoms with van der Waals surface area (Å²) in [5, 5.41) is 3.30. The molecule has 0 spiro atoms. The van der Waals surface area contributed by atoms with Crippen molar-refractivity contribution >= 4 is 5.91 Å². The van der Waals surface area contributed by atoms with E-state index in [4.69, 9.17) is 4.74 Å². The molecule has 0 radical (unpaired) electrons. The summed E-state index contributed by atoms with van der Waals surface area (Å²) >= 11 is 0. The third-order valence-electron chi connectivity index (χ3n) is 3.97. The molecule has 1 aliphatic rings. The molecule has 0 saturated carbocycles. The van der Waals surface area contributed by atoms with Crippen molar-refractivity contribution in [1.29, 1.82) is 0 Å². The molecule has 5 heteroatoms. The van der Waals surface area contributed by atoms with Gasteiger partial charge in [0.15, 0.2) is 0 Å². The summed E-state index contributed by atoms with van der Waals surface area (Å²) in [6.45, 7) is 4.92. The minimum Gasteiger partial charge on any atom is -0.489 e. The number of pyridine rings is 1. The smallest absolute Gasteiger partial charge is 0.254 e. The first kappa shape index (κ1) is 15.5. The van der Waals surface area contributed by atoms with Gasteiger partial charge in [0, 0.05) is 49.2 Å². The van der Waals surface area contributed by atoms with Gasteiger partial charge in [-0.25, -0.2) is 0 Å². The Hall–Kier alpha value is -2.40. The van der Waals surface area contributed by atoms with E-state index in [0.29, 0.717) is 17.9 Å². The molecule has 5 nitrogen and oxygen atoms in total. The first-order valence-corrected chi connectivity index (χ1v) is 7.87. The Bertz CT molecular complexity index is 660. The zero-order chi connectivity index (χ0) is 16.1. The van der Waals surface area contributed by atoms with Gasteiger partial charge < -0.3 is 15.0 Å². The van der Waals surface area contributed by atoms with Gasteiger partial charge in [-0.2, -0.15) is 0 Å². The molecule has 2 aromatic rings. The molecule has 120 valence electrons. The maximum Gasteiger partial charge on any atom is 0.254 e. The van der Waals surface area contributed by atoms with Gasteiger partial charge in [-0.1, -0.05) is 12.1 Å². The summed E-state index contributed by atoms with van der Waals surface area (Å²) in [4.78, 5) is 18.6. The van der Waals surface area contributed by atoms with Crippen LogP contribution in [0.5, 0.6) is 5.75 Å². The number of aromatic nitrogens is 1. The number of hydrogen-bond acceptors (Lipinski definition) is 4. The van der Waals surface area contributed by atoms with Crippen molar-refractivity contribution in [2.45, 2.75) is 19.6 Å². The highest BCUT2D eigenvalue weighted by molar-refractivity contribution is 5.94. The van der Waals surface area contributed by atoms with E-state index in [0.717, 1.165) is 25.2 Å². The topological polar surface area (TPSA) is 54.5 Å². The number of nitrogens with one attached hydrogen (secondary N) is 1. The van der Waals surface area contributed by atoms with Crippen LogP contribution >= 0.6 is 0 Å². The van der Waals surface area contributed by atoms with E-state index in [1.807, 2.05) is 41.3 Å². The number of piperazine rings is 1. The Morgan fingerprint density at radius 2 is 2.30 bits per heavy atom. The molecule has 3 rings (SSSR count). The minimum atomic E-state index is 0.0610. The Kier molecular flexibility index (Phi) is 4.88. The first-order valence-electron chi connectivity index (χ1n) is 7.87. The summed E-state index contributed by atoms with van der Waals surface area (Å²) in [5.74, 6) is 0.758. The van der Waals surface area contributed by atoms with E-state index in [1.54, 1.807) is 12.4 Å². The number of ether oxygens (including phenoxy) is 1. The van der Waals surface area contributed by atoms with Crippen LogP contribution < -0.4 is 10.1 Å². The highest BCUT2D eigenvalue weighted by Gasteiger charge is 2.24. The lowest BCUT2D eigenvalue weighted by Crippen LogP contribution is -2.52. The summed E-state index contributed by atoms with van der Waals surface area (Å²) in [6.07, 6.45) is 3.51. The van der Waals surface area contributed by atoms with E-state index in [2.05, 4.69) is 17.2 Å². The number of benzene rings is 1. The fourth-order valence-electron chi connectivity index (χ4n) is 2.68. The van der Waals surface area contributed by atoms with E-state index >= 15 is 0 Å². The number of amides is 1. The van der Waals surface area contributed by atoms with Gasteiger partial charge in [0.25, 0.3) is 5.91 Å². The maximum atomic E-state index is 12.7. The predicted octanol–water partition coefficient (Wildman–Crippen LogP) is 2.09. The van der Waals surface area contributed by atoms with Gasteiger partial charge in [0.05, 0.1) is 0 Å². The zero-order valence-electron chi connectivity index (χ0n) is 13.2. The van der Waals surface area contributed by atoms with Crippen LogP contribution in [0.15, 0.2) is 48.8 Å². The number of carbonyl (C=O) groups excluding carboxylic acids is 1. The molecule has 0 bridgehead atoms. The number of nitrogens with zero attached hydrogens (tertiary/aromatic N) is 2. The maximum absolute atomic E-state index is 12.7. The van der Waals surface area contributed by atoms with Crippen LogP contribution in [0.1, 0.15) is 22.8 Å². The Morgan fingerprint density at radius 1 is 1.39 bits per heavy atom. The second-order valence-electron chi connectivity index (χ2n) is 5.73. The second kappa shape index (κ2) is 7.24. The van der Waals surface area contributed by atoms with Crippen molar-refractivity contribution in [2.75, 3.05) is 19.6 Å². The van der Waals surface area contributed by atoms with Crippen molar-refractivity contribution < 1.29 is 9.53 Å². The van der Waals surface area contributed by atoms with Crippen molar-refractivity contribution in [1.82, 2.24) is 15.2 Å². The van der Waals surface area contributed by atoms with Gasteiger partial charge in [-0.15, -0.1) is 0 Å². The molecular formula is C18H21N3O2. The lowest BCUT2D eigenvalue weighted by Gasteiger charge is -2.34. The fraction of sp³-hybridized carbons (Fsp3) is 0.333. The molecule has 1 aliphatic heterocycles. The molecule has 2 heterocycles. The van der Waals surface area contributed by atoms with Crippen LogP contribution in [0.2, 0.25) is 0 Å². The van der Waals surface area contributed by atoms with Crippen LogP contribution in [0, 0.1) is 0 Å². The zero-order valence-corrected chi connectivity index (χ0v) is 13.2. The van der Waals surface area contributed by atoms with E-state index in [-0.39, 0.29) is 11.9 Å². The fourth-order valence-corrected chi connectivity index (χ4v) is 2.68. The van der Waals surface area contributed by atoms with Gasteiger partial charge in [0.2, 0.25) is 0 Å². The average Bonchev–Trinajstić information content (AvgIpc) is 2.61. The van der Waals surface area contributed by atoms with E-state index in [1.165, 1.54) is 0 Å². The predicted molar refractivity (Wildman–Crippen MR) is 88.4 cm³/mol. The molecule has 0 aliphatic carbocycles. The highest BCUT2D eigenvalue weighted by Crippen LogP contribution is 2.18. The SMILES string of the molecule is C[C@@H]1CNCCN1C(=O)c1cccc(OCc2cccnc2)c1. The molecule has 1 amide bonds. The summed E-state index contributed by atoms with van der Waals surface area (Å²) in [6, 6.07) is 11.4. The van der Waals surface area contributed by atoms with Gasteiger partial charge in [-0.05, 0) is 31.2 Å². The van der Waals surface area contributed by atoms with Crippen molar-refractivity contribution in [2.24, 2.45) is 0 Å². The van der Waals surface area contributed by atoms with Gasteiger partial charge in [0.1, 0.15) is 12.4 Å². The Labute approximate surface area is 136 Å². The Balaban J connectivity index is 1.68. The third-order valence-corrected chi connectivity index (χ3v) is 3.97. The minimum absolute atomic E-state index is 0.0610. The normalized spacial score (nSPS) is 17.8. The van der Waals surface area contributed by atoms with Crippen molar-refractivity contribution in [3.63, 3.8) is 0 Å². The molecule has 1 aromatic carbocycles. The molecule has 1 N–H and O–H groups in total. The van der Waals surface area contributed by atoms with Crippen molar-refractivity contribution in [3.8, 4) is 5.75 Å². The summed E-state index contributed by atoms with van der Waals surface area (Å²) in [7, 11) is 0.